The SMILES string of the molecule is COc1ccc(Cn2c(-c3cc(OC)c(OC)c(OC)c3)cc3cc(OC)ccc32)cc1. The Hall–Kier alpha value is -3.80. The van der Waals surface area contributed by atoms with E-state index >= 15 is 0 Å². The van der Waals surface area contributed by atoms with Crippen molar-refractivity contribution in [3.8, 4) is 40.0 Å². The Kier molecular flexibility index (Phi) is 6.12. The Labute approximate surface area is 187 Å². The summed E-state index contributed by atoms with van der Waals surface area (Å²) in [5.41, 5.74) is 4.25. The van der Waals surface area contributed by atoms with Crippen LogP contribution >= 0.6 is 0 Å². The molecule has 0 spiro atoms. The first-order valence-electron chi connectivity index (χ1n) is 10.2. The van der Waals surface area contributed by atoms with Crippen LogP contribution in [0, 0.1) is 0 Å². The summed E-state index contributed by atoms with van der Waals surface area (Å²) in [6, 6.07) is 20.3. The minimum absolute atomic E-state index is 0.568. The second kappa shape index (κ2) is 9.14. The largest absolute Gasteiger partial charge is 0.497 e. The Morgan fingerprint density at radius 3 is 1.81 bits per heavy atom. The van der Waals surface area contributed by atoms with E-state index in [1.54, 1.807) is 35.5 Å². The van der Waals surface area contributed by atoms with Crippen LogP contribution in [-0.2, 0) is 6.54 Å². The monoisotopic (exact) mass is 433 g/mol. The van der Waals surface area contributed by atoms with Gasteiger partial charge in [-0.2, -0.15) is 0 Å². The summed E-state index contributed by atoms with van der Waals surface area (Å²) in [7, 11) is 8.20. The van der Waals surface area contributed by atoms with Crippen LogP contribution in [-0.4, -0.2) is 40.1 Å². The third kappa shape index (κ3) is 3.91. The van der Waals surface area contributed by atoms with Crippen molar-refractivity contribution < 1.29 is 23.7 Å². The zero-order valence-corrected chi connectivity index (χ0v) is 19.0. The number of methoxy groups -OCH3 is 5. The molecule has 32 heavy (non-hydrogen) atoms. The van der Waals surface area contributed by atoms with Gasteiger partial charge in [-0.1, -0.05) is 12.1 Å². The topological polar surface area (TPSA) is 51.1 Å². The summed E-state index contributed by atoms with van der Waals surface area (Å²) < 4.78 is 29.7. The number of benzene rings is 3. The molecule has 0 fully saturated rings. The summed E-state index contributed by atoms with van der Waals surface area (Å²) in [5, 5.41) is 1.08. The number of ether oxygens (including phenoxy) is 5. The van der Waals surface area contributed by atoms with Gasteiger partial charge in [-0.15, -0.1) is 0 Å². The lowest BCUT2D eigenvalue weighted by Gasteiger charge is -2.16. The lowest BCUT2D eigenvalue weighted by Crippen LogP contribution is -2.03. The summed E-state index contributed by atoms with van der Waals surface area (Å²) in [4.78, 5) is 0. The normalized spacial score (nSPS) is 10.8. The zero-order valence-electron chi connectivity index (χ0n) is 19.0. The first-order valence-corrected chi connectivity index (χ1v) is 10.2. The van der Waals surface area contributed by atoms with Crippen molar-refractivity contribution in [1.29, 1.82) is 0 Å². The molecular formula is C26H27NO5. The summed E-state index contributed by atoms with van der Waals surface area (Å²) in [6.07, 6.45) is 0. The maximum absolute atomic E-state index is 5.59. The van der Waals surface area contributed by atoms with E-state index in [4.69, 9.17) is 23.7 Å². The molecule has 6 nitrogen and oxygen atoms in total. The van der Waals surface area contributed by atoms with Gasteiger partial charge in [0.2, 0.25) is 5.75 Å². The van der Waals surface area contributed by atoms with E-state index in [9.17, 15) is 0 Å². The molecule has 3 aromatic carbocycles. The molecule has 0 N–H and O–H groups in total. The second-order valence-electron chi connectivity index (χ2n) is 7.30. The highest BCUT2D eigenvalue weighted by atomic mass is 16.5. The van der Waals surface area contributed by atoms with Crippen molar-refractivity contribution in [1.82, 2.24) is 4.57 Å². The number of hydrogen-bond donors (Lipinski definition) is 0. The summed E-state index contributed by atoms with van der Waals surface area (Å²) in [5.74, 6) is 3.44. The number of nitrogens with zero attached hydrogens (tertiary/aromatic N) is 1. The smallest absolute Gasteiger partial charge is 0.203 e. The van der Waals surface area contributed by atoms with Gasteiger partial charge in [-0.3, -0.25) is 0 Å². The molecule has 0 amide bonds. The van der Waals surface area contributed by atoms with E-state index in [2.05, 4.69) is 28.8 Å². The molecule has 1 aromatic heterocycles. The molecule has 0 unspecified atom stereocenters. The number of hydrogen-bond acceptors (Lipinski definition) is 5. The average Bonchev–Trinajstić information content (AvgIpc) is 3.20. The molecule has 1 heterocycles. The molecule has 4 aromatic rings. The van der Waals surface area contributed by atoms with Gasteiger partial charge in [-0.05, 0) is 54.1 Å². The molecule has 6 heteroatoms. The van der Waals surface area contributed by atoms with E-state index in [-0.39, 0.29) is 0 Å². The molecule has 0 atom stereocenters. The highest BCUT2D eigenvalue weighted by Gasteiger charge is 2.18. The predicted molar refractivity (Wildman–Crippen MR) is 126 cm³/mol. The van der Waals surface area contributed by atoms with E-state index in [1.165, 1.54) is 0 Å². The van der Waals surface area contributed by atoms with Gasteiger partial charge < -0.3 is 28.3 Å². The van der Waals surface area contributed by atoms with E-state index in [1.807, 2.05) is 36.4 Å². The molecule has 0 aliphatic heterocycles. The Bertz CT molecular complexity index is 1200. The number of rotatable bonds is 8. The van der Waals surface area contributed by atoms with Gasteiger partial charge in [0.15, 0.2) is 11.5 Å². The third-order valence-corrected chi connectivity index (χ3v) is 5.57. The van der Waals surface area contributed by atoms with Crippen molar-refractivity contribution in [3.63, 3.8) is 0 Å². The van der Waals surface area contributed by atoms with Gasteiger partial charge >= 0.3 is 0 Å². The van der Waals surface area contributed by atoms with E-state index in [0.29, 0.717) is 23.8 Å². The Balaban J connectivity index is 1.90. The van der Waals surface area contributed by atoms with Gasteiger partial charge in [0.1, 0.15) is 11.5 Å². The summed E-state index contributed by atoms with van der Waals surface area (Å²) in [6.45, 7) is 0.686. The Morgan fingerprint density at radius 2 is 1.25 bits per heavy atom. The first-order chi connectivity index (χ1) is 15.6. The highest BCUT2D eigenvalue weighted by molar-refractivity contribution is 5.89. The van der Waals surface area contributed by atoms with Crippen LogP contribution in [0.4, 0.5) is 0 Å². The van der Waals surface area contributed by atoms with Crippen LogP contribution < -0.4 is 23.7 Å². The van der Waals surface area contributed by atoms with Gasteiger partial charge in [0.25, 0.3) is 0 Å². The number of aromatic nitrogens is 1. The predicted octanol–water partition coefficient (Wildman–Crippen LogP) is 5.40. The zero-order chi connectivity index (χ0) is 22.7. The van der Waals surface area contributed by atoms with Crippen molar-refractivity contribution in [2.24, 2.45) is 0 Å². The molecule has 0 aliphatic carbocycles. The standard InChI is InChI=1S/C26H27NO5/c1-28-20-8-6-17(7-9-20)16-27-22-11-10-21(29-2)12-18(22)13-23(27)19-14-24(30-3)26(32-5)25(15-19)31-4/h6-15H,16H2,1-5H3. The second-order valence-corrected chi connectivity index (χ2v) is 7.30. The van der Waals surface area contributed by atoms with Gasteiger partial charge in [0, 0.05) is 28.7 Å². The van der Waals surface area contributed by atoms with Crippen LogP contribution in [0.2, 0.25) is 0 Å². The number of fused-ring (bicyclic) bond motifs is 1. The van der Waals surface area contributed by atoms with Crippen molar-refractivity contribution in [3.05, 3.63) is 66.2 Å². The van der Waals surface area contributed by atoms with Crippen molar-refractivity contribution in [2.75, 3.05) is 35.5 Å². The molecule has 4 rings (SSSR count). The molecule has 0 bridgehead atoms. The highest BCUT2D eigenvalue weighted by Crippen LogP contribution is 2.42. The van der Waals surface area contributed by atoms with Crippen LogP contribution in [0.25, 0.3) is 22.2 Å². The first kappa shape index (κ1) is 21.4. The molecule has 166 valence electrons. The van der Waals surface area contributed by atoms with Crippen LogP contribution in [0.5, 0.6) is 28.7 Å². The average molecular weight is 434 g/mol. The van der Waals surface area contributed by atoms with E-state index in [0.717, 1.165) is 39.2 Å². The van der Waals surface area contributed by atoms with Gasteiger partial charge in [0.05, 0.1) is 35.5 Å². The fourth-order valence-corrected chi connectivity index (χ4v) is 3.93. The van der Waals surface area contributed by atoms with Crippen molar-refractivity contribution in [2.45, 2.75) is 6.54 Å². The maximum atomic E-state index is 5.59. The Morgan fingerprint density at radius 1 is 0.625 bits per heavy atom. The van der Waals surface area contributed by atoms with Crippen LogP contribution in [0.1, 0.15) is 5.56 Å². The molecular weight excluding hydrogens is 406 g/mol. The van der Waals surface area contributed by atoms with Gasteiger partial charge in [-0.25, -0.2) is 0 Å². The lowest BCUT2D eigenvalue weighted by molar-refractivity contribution is 0.324. The van der Waals surface area contributed by atoms with Crippen LogP contribution in [0.15, 0.2) is 60.7 Å². The molecule has 0 saturated heterocycles. The molecule has 0 radical (unpaired) electrons. The van der Waals surface area contributed by atoms with Crippen LogP contribution in [0.3, 0.4) is 0 Å². The molecule has 0 aliphatic rings. The maximum Gasteiger partial charge on any atom is 0.203 e. The lowest BCUT2D eigenvalue weighted by atomic mass is 10.1. The minimum Gasteiger partial charge on any atom is -0.497 e. The van der Waals surface area contributed by atoms with E-state index < -0.39 is 0 Å². The minimum atomic E-state index is 0.568. The fraction of sp³-hybridized carbons (Fsp3) is 0.231. The van der Waals surface area contributed by atoms with Crippen molar-refractivity contribution >= 4 is 10.9 Å². The fourth-order valence-electron chi connectivity index (χ4n) is 3.93. The quantitative estimate of drug-likeness (QED) is 0.372. The molecule has 0 saturated carbocycles. The summed E-state index contributed by atoms with van der Waals surface area (Å²) >= 11 is 0. The third-order valence-electron chi connectivity index (χ3n) is 5.57.